The van der Waals surface area contributed by atoms with E-state index in [1.165, 1.54) is 29.7 Å². The molecule has 16 heavy (non-hydrogen) atoms. The Hall–Kier alpha value is -1.02. The molecule has 0 amide bonds. The van der Waals surface area contributed by atoms with Crippen LogP contribution in [-0.4, -0.2) is 26.2 Å². The quantitative estimate of drug-likeness (QED) is 0.817. The van der Waals surface area contributed by atoms with Crippen LogP contribution in [0.15, 0.2) is 18.2 Å². The zero-order valence-electron chi connectivity index (χ0n) is 10.6. The normalized spacial score (nSPS) is 15.2. The number of nitrogens with one attached hydrogen (secondary N) is 1. The van der Waals surface area contributed by atoms with E-state index >= 15 is 0 Å². The highest BCUT2D eigenvalue weighted by Crippen LogP contribution is 2.20. The first-order valence-electron chi connectivity index (χ1n) is 6.18. The standard InChI is InChI=1S/C14H22N2/c1-11-4-7-14(12(2)10-11)16(3)9-8-15-13-5-6-13/h4,7,10,13,15H,5-6,8-9H2,1-3H3. The molecule has 2 rings (SSSR count). The van der Waals surface area contributed by atoms with Gasteiger partial charge in [-0.3, -0.25) is 0 Å². The number of nitrogens with zero attached hydrogens (tertiary/aromatic N) is 1. The number of benzene rings is 1. The number of aryl methyl sites for hydroxylation is 2. The lowest BCUT2D eigenvalue weighted by molar-refractivity contribution is 0.675. The van der Waals surface area contributed by atoms with Crippen molar-refractivity contribution >= 4 is 5.69 Å². The molecule has 0 spiro atoms. The highest BCUT2D eigenvalue weighted by atomic mass is 15.1. The third-order valence-electron chi connectivity index (χ3n) is 3.22. The van der Waals surface area contributed by atoms with Crippen LogP contribution in [0.25, 0.3) is 0 Å². The molecule has 0 heterocycles. The maximum absolute atomic E-state index is 3.55. The van der Waals surface area contributed by atoms with Gasteiger partial charge in [-0.25, -0.2) is 0 Å². The van der Waals surface area contributed by atoms with Crippen molar-refractivity contribution < 1.29 is 0 Å². The van der Waals surface area contributed by atoms with Crippen molar-refractivity contribution in [1.29, 1.82) is 0 Å². The van der Waals surface area contributed by atoms with Crippen LogP contribution in [0, 0.1) is 13.8 Å². The highest BCUT2D eigenvalue weighted by molar-refractivity contribution is 5.53. The summed E-state index contributed by atoms with van der Waals surface area (Å²) in [5.41, 5.74) is 4.06. The minimum absolute atomic E-state index is 0.813. The zero-order valence-corrected chi connectivity index (χ0v) is 10.6. The van der Waals surface area contributed by atoms with Gasteiger partial charge in [-0.15, -0.1) is 0 Å². The Balaban J connectivity index is 1.88. The minimum atomic E-state index is 0.813. The molecule has 1 aromatic carbocycles. The molecule has 1 N–H and O–H groups in total. The van der Waals surface area contributed by atoms with Crippen LogP contribution in [0.3, 0.4) is 0 Å². The fourth-order valence-corrected chi connectivity index (χ4v) is 2.08. The summed E-state index contributed by atoms with van der Waals surface area (Å²) >= 11 is 0. The van der Waals surface area contributed by atoms with Gasteiger partial charge in [0, 0.05) is 31.9 Å². The number of hydrogen-bond acceptors (Lipinski definition) is 2. The summed E-state index contributed by atoms with van der Waals surface area (Å²) in [5.74, 6) is 0. The van der Waals surface area contributed by atoms with E-state index in [9.17, 15) is 0 Å². The molecular weight excluding hydrogens is 196 g/mol. The summed E-state index contributed by atoms with van der Waals surface area (Å²) in [4.78, 5) is 2.34. The number of anilines is 1. The third-order valence-corrected chi connectivity index (χ3v) is 3.22. The molecule has 0 unspecified atom stereocenters. The van der Waals surface area contributed by atoms with E-state index in [1.54, 1.807) is 0 Å². The van der Waals surface area contributed by atoms with Gasteiger partial charge < -0.3 is 10.2 Å². The van der Waals surface area contributed by atoms with E-state index in [1.807, 2.05) is 0 Å². The van der Waals surface area contributed by atoms with Crippen LogP contribution in [0.4, 0.5) is 5.69 Å². The fourth-order valence-electron chi connectivity index (χ4n) is 2.08. The predicted molar refractivity (Wildman–Crippen MR) is 70.2 cm³/mol. The Bertz CT molecular complexity index is 356. The average Bonchev–Trinajstić information content (AvgIpc) is 3.01. The van der Waals surface area contributed by atoms with Crippen molar-refractivity contribution in [2.75, 3.05) is 25.0 Å². The van der Waals surface area contributed by atoms with Gasteiger partial charge in [-0.1, -0.05) is 17.7 Å². The summed E-state index contributed by atoms with van der Waals surface area (Å²) in [7, 11) is 2.17. The van der Waals surface area contributed by atoms with E-state index in [4.69, 9.17) is 0 Å². The smallest absolute Gasteiger partial charge is 0.0393 e. The molecule has 0 aliphatic heterocycles. The van der Waals surface area contributed by atoms with Gasteiger partial charge in [0.1, 0.15) is 0 Å². The van der Waals surface area contributed by atoms with Gasteiger partial charge in [0.05, 0.1) is 0 Å². The van der Waals surface area contributed by atoms with E-state index in [0.29, 0.717) is 0 Å². The SMILES string of the molecule is Cc1ccc(N(C)CCNC2CC2)c(C)c1. The lowest BCUT2D eigenvalue weighted by atomic mass is 10.1. The molecule has 0 bridgehead atoms. The lowest BCUT2D eigenvalue weighted by Gasteiger charge is -2.22. The van der Waals surface area contributed by atoms with Gasteiger partial charge in [-0.05, 0) is 38.3 Å². The van der Waals surface area contributed by atoms with Crippen molar-refractivity contribution in [2.24, 2.45) is 0 Å². The topological polar surface area (TPSA) is 15.3 Å². The second kappa shape index (κ2) is 4.88. The van der Waals surface area contributed by atoms with Crippen LogP contribution < -0.4 is 10.2 Å². The molecular formula is C14H22N2. The van der Waals surface area contributed by atoms with E-state index in [-0.39, 0.29) is 0 Å². The van der Waals surface area contributed by atoms with Gasteiger partial charge in [0.15, 0.2) is 0 Å². The number of rotatable bonds is 5. The fraction of sp³-hybridized carbons (Fsp3) is 0.571. The minimum Gasteiger partial charge on any atom is -0.373 e. The maximum atomic E-state index is 3.55. The molecule has 88 valence electrons. The average molecular weight is 218 g/mol. The molecule has 1 aromatic rings. The summed E-state index contributed by atoms with van der Waals surface area (Å²) < 4.78 is 0. The van der Waals surface area contributed by atoms with E-state index < -0.39 is 0 Å². The molecule has 0 saturated heterocycles. The first kappa shape index (κ1) is 11.5. The van der Waals surface area contributed by atoms with Gasteiger partial charge in [-0.2, -0.15) is 0 Å². The molecule has 1 aliphatic carbocycles. The van der Waals surface area contributed by atoms with Crippen LogP contribution in [0.2, 0.25) is 0 Å². The Kier molecular flexibility index (Phi) is 3.49. The molecule has 1 fully saturated rings. The summed E-state index contributed by atoms with van der Waals surface area (Å²) in [6, 6.07) is 7.47. The first-order chi connectivity index (χ1) is 7.66. The number of hydrogen-bond donors (Lipinski definition) is 1. The van der Waals surface area contributed by atoms with Gasteiger partial charge in [0.25, 0.3) is 0 Å². The monoisotopic (exact) mass is 218 g/mol. The second-order valence-electron chi connectivity index (χ2n) is 4.94. The van der Waals surface area contributed by atoms with Crippen LogP contribution in [0.1, 0.15) is 24.0 Å². The molecule has 2 heteroatoms. The van der Waals surface area contributed by atoms with Gasteiger partial charge in [0.2, 0.25) is 0 Å². The number of likely N-dealkylation sites (N-methyl/N-ethyl adjacent to an activating group) is 1. The Morgan fingerprint density at radius 2 is 2.06 bits per heavy atom. The van der Waals surface area contributed by atoms with Crippen molar-refractivity contribution in [2.45, 2.75) is 32.7 Å². The second-order valence-corrected chi connectivity index (χ2v) is 4.94. The molecule has 0 aromatic heterocycles. The molecule has 1 aliphatic rings. The van der Waals surface area contributed by atoms with Crippen molar-refractivity contribution in [3.63, 3.8) is 0 Å². The van der Waals surface area contributed by atoms with Crippen molar-refractivity contribution in [3.05, 3.63) is 29.3 Å². The summed E-state index contributed by atoms with van der Waals surface area (Å²) in [6.45, 7) is 6.51. The summed E-state index contributed by atoms with van der Waals surface area (Å²) in [5, 5.41) is 3.55. The third kappa shape index (κ3) is 2.99. The lowest BCUT2D eigenvalue weighted by Crippen LogP contribution is -2.30. The van der Waals surface area contributed by atoms with Crippen LogP contribution in [-0.2, 0) is 0 Å². The molecule has 0 atom stereocenters. The van der Waals surface area contributed by atoms with E-state index in [0.717, 1.165) is 19.1 Å². The zero-order chi connectivity index (χ0) is 11.5. The van der Waals surface area contributed by atoms with Crippen molar-refractivity contribution in [3.8, 4) is 0 Å². The predicted octanol–water partition coefficient (Wildman–Crippen LogP) is 2.49. The van der Waals surface area contributed by atoms with Crippen LogP contribution in [0.5, 0.6) is 0 Å². The van der Waals surface area contributed by atoms with Crippen molar-refractivity contribution in [1.82, 2.24) is 5.32 Å². The highest BCUT2D eigenvalue weighted by Gasteiger charge is 2.19. The maximum Gasteiger partial charge on any atom is 0.0393 e. The van der Waals surface area contributed by atoms with E-state index in [2.05, 4.69) is 49.3 Å². The Morgan fingerprint density at radius 1 is 1.31 bits per heavy atom. The largest absolute Gasteiger partial charge is 0.373 e. The molecule has 1 saturated carbocycles. The molecule has 2 nitrogen and oxygen atoms in total. The first-order valence-corrected chi connectivity index (χ1v) is 6.18. The Labute approximate surface area is 98.7 Å². The van der Waals surface area contributed by atoms with Gasteiger partial charge >= 0.3 is 0 Å². The Morgan fingerprint density at radius 3 is 2.69 bits per heavy atom. The van der Waals surface area contributed by atoms with Crippen LogP contribution >= 0.6 is 0 Å². The summed E-state index contributed by atoms with van der Waals surface area (Å²) in [6.07, 6.45) is 2.74. The molecule has 0 radical (unpaired) electrons.